The summed E-state index contributed by atoms with van der Waals surface area (Å²) >= 11 is 0. The summed E-state index contributed by atoms with van der Waals surface area (Å²) in [4.78, 5) is 11.0. The molecule has 0 aromatic heterocycles. The van der Waals surface area contributed by atoms with Gasteiger partial charge in [0.1, 0.15) is 0 Å². The Bertz CT molecular complexity index is 723. The number of hydrogen-bond acceptors (Lipinski definition) is 1. The lowest BCUT2D eigenvalue weighted by Gasteiger charge is -2.19. The molecule has 2 rings (SSSR count). The van der Waals surface area contributed by atoms with Crippen LogP contribution in [0.3, 0.4) is 0 Å². The third-order valence-corrected chi connectivity index (χ3v) is 3.64. The molecule has 0 unspecified atom stereocenters. The highest BCUT2D eigenvalue weighted by molar-refractivity contribution is 5.90. The van der Waals surface area contributed by atoms with Gasteiger partial charge in [0.05, 0.1) is 11.1 Å². The lowest BCUT2D eigenvalue weighted by Crippen LogP contribution is -2.13. The van der Waals surface area contributed by atoms with Crippen molar-refractivity contribution >= 4 is 5.97 Å². The smallest absolute Gasteiger partial charge is 0.417 e. The van der Waals surface area contributed by atoms with E-state index in [-0.39, 0.29) is 5.41 Å². The number of carboxylic acids is 1. The molecule has 0 spiro atoms. The zero-order valence-corrected chi connectivity index (χ0v) is 13.0. The molecular weight excluding hydrogens is 305 g/mol. The highest BCUT2D eigenvalue weighted by Gasteiger charge is 2.35. The van der Waals surface area contributed by atoms with Crippen LogP contribution in [0.2, 0.25) is 0 Å². The number of alkyl halides is 3. The SMILES string of the molecule is CC(C)(C)c1ccc(-c2ccc(C(=O)O)c(C(F)(F)F)c2)cc1. The number of aromatic carboxylic acids is 1. The predicted molar refractivity (Wildman–Crippen MR) is 82.5 cm³/mol. The first kappa shape index (κ1) is 17.1. The zero-order chi connectivity index (χ0) is 17.4. The van der Waals surface area contributed by atoms with Crippen molar-refractivity contribution in [3.8, 4) is 11.1 Å². The Kier molecular flexibility index (Phi) is 4.24. The van der Waals surface area contributed by atoms with Gasteiger partial charge in [-0.3, -0.25) is 0 Å². The van der Waals surface area contributed by atoms with Crippen molar-refractivity contribution in [3.05, 3.63) is 59.2 Å². The van der Waals surface area contributed by atoms with E-state index in [1.54, 1.807) is 12.1 Å². The van der Waals surface area contributed by atoms with E-state index in [2.05, 4.69) is 0 Å². The van der Waals surface area contributed by atoms with Crippen LogP contribution in [0, 0.1) is 0 Å². The van der Waals surface area contributed by atoms with Gasteiger partial charge in [-0.05, 0) is 34.2 Å². The molecule has 0 aliphatic carbocycles. The van der Waals surface area contributed by atoms with E-state index in [9.17, 15) is 18.0 Å². The Morgan fingerprint density at radius 2 is 1.43 bits per heavy atom. The molecule has 0 heterocycles. The van der Waals surface area contributed by atoms with Crippen LogP contribution in [0.5, 0.6) is 0 Å². The predicted octanol–water partition coefficient (Wildman–Crippen LogP) is 5.37. The van der Waals surface area contributed by atoms with Gasteiger partial charge in [-0.1, -0.05) is 51.1 Å². The van der Waals surface area contributed by atoms with Gasteiger partial charge in [0.25, 0.3) is 0 Å². The first-order valence-electron chi connectivity index (χ1n) is 7.05. The van der Waals surface area contributed by atoms with Crippen LogP contribution in [-0.4, -0.2) is 11.1 Å². The average molecular weight is 322 g/mol. The Morgan fingerprint density at radius 1 is 0.913 bits per heavy atom. The van der Waals surface area contributed by atoms with Crippen molar-refractivity contribution in [1.29, 1.82) is 0 Å². The van der Waals surface area contributed by atoms with Gasteiger partial charge in [-0.25, -0.2) is 4.79 Å². The summed E-state index contributed by atoms with van der Waals surface area (Å²) in [5, 5.41) is 8.92. The van der Waals surface area contributed by atoms with Gasteiger partial charge in [0.15, 0.2) is 0 Å². The Balaban J connectivity index is 2.51. The maximum absolute atomic E-state index is 13.1. The molecule has 2 aromatic carbocycles. The largest absolute Gasteiger partial charge is 0.478 e. The van der Waals surface area contributed by atoms with Crippen molar-refractivity contribution < 1.29 is 23.1 Å². The fourth-order valence-corrected chi connectivity index (χ4v) is 2.31. The normalized spacial score (nSPS) is 12.3. The van der Waals surface area contributed by atoms with E-state index in [4.69, 9.17) is 5.11 Å². The van der Waals surface area contributed by atoms with Crippen molar-refractivity contribution in [3.63, 3.8) is 0 Å². The maximum Gasteiger partial charge on any atom is 0.417 e. The minimum atomic E-state index is -4.71. The molecule has 0 aliphatic rings. The van der Waals surface area contributed by atoms with E-state index in [1.807, 2.05) is 32.9 Å². The monoisotopic (exact) mass is 322 g/mol. The molecule has 2 nitrogen and oxygen atoms in total. The second-order valence-electron chi connectivity index (χ2n) is 6.39. The minimum Gasteiger partial charge on any atom is -0.478 e. The number of hydrogen-bond donors (Lipinski definition) is 1. The summed E-state index contributed by atoms with van der Waals surface area (Å²) in [7, 11) is 0. The molecule has 0 radical (unpaired) electrons. The van der Waals surface area contributed by atoms with Crippen LogP contribution in [-0.2, 0) is 11.6 Å². The molecule has 5 heteroatoms. The molecule has 0 aliphatic heterocycles. The molecule has 0 atom stereocenters. The number of rotatable bonds is 2. The van der Waals surface area contributed by atoms with Gasteiger partial charge in [-0.2, -0.15) is 13.2 Å². The van der Waals surface area contributed by atoms with Gasteiger partial charge in [-0.15, -0.1) is 0 Å². The maximum atomic E-state index is 13.1. The molecule has 0 saturated carbocycles. The molecule has 0 amide bonds. The Morgan fingerprint density at radius 3 is 1.87 bits per heavy atom. The fraction of sp³-hybridized carbons (Fsp3) is 0.278. The lowest BCUT2D eigenvalue weighted by atomic mass is 9.86. The van der Waals surface area contributed by atoms with Crippen molar-refractivity contribution in [2.75, 3.05) is 0 Å². The first-order chi connectivity index (χ1) is 10.5. The summed E-state index contributed by atoms with van der Waals surface area (Å²) < 4.78 is 39.2. The summed E-state index contributed by atoms with van der Waals surface area (Å²) in [6, 6.07) is 10.5. The molecule has 0 bridgehead atoms. The second kappa shape index (κ2) is 5.72. The average Bonchev–Trinajstić information content (AvgIpc) is 2.45. The van der Waals surface area contributed by atoms with E-state index < -0.39 is 23.3 Å². The highest BCUT2D eigenvalue weighted by Crippen LogP contribution is 2.35. The minimum absolute atomic E-state index is 0.0528. The summed E-state index contributed by atoms with van der Waals surface area (Å²) in [6.07, 6.45) is -4.71. The van der Waals surface area contributed by atoms with Crippen LogP contribution >= 0.6 is 0 Å². The summed E-state index contributed by atoms with van der Waals surface area (Å²) in [5.74, 6) is -1.59. The molecule has 0 saturated heterocycles. The second-order valence-corrected chi connectivity index (χ2v) is 6.39. The molecule has 2 aromatic rings. The Hall–Kier alpha value is -2.30. The van der Waals surface area contributed by atoms with Gasteiger partial charge < -0.3 is 5.11 Å². The van der Waals surface area contributed by atoms with E-state index in [0.717, 1.165) is 17.7 Å². The first-order valence-corrected chi connectivity index (χ1v) is 7.05. The van der Waals surface area contributed by atoms with E-state index in [0.29, 0.717) is 11.1 Å². The topological polar surface area (TPSA) is 37.3 Å². The molecule has 122 valence electrons. The van der Waals surface area contributed by atoms with Gasteiger partial charge in [0.2, 0.25) is 0 Å². The standard InChI is InChI=1S/C18H17F3O2/c1-17(2,3)13-7-4-11(5-8-13)12-6-9-14(16(22)23)15(10-12)18(19,20)21/h4-10H,1-3H3,(H,22,23). The van der Waals surface area contributed by atoms with Crippen molar-refractivity contribution in [1.82, 2.24) is 0 Å². The fourth-order valence-electron chi connectivity index (χ4n) is 2.31. The number of carboxylic acid groups (broad SMARTS) is 1. The molecule has 23 heavy (non-hydrogen) atoms. The van der Waals surface area contributed by atoms with Gasteiger partial charge in [0, 0.05) is 0 Å². The van der Waals surface area contributed by atoms with Crippen molar-refractivity contribution in [2.24, 2.45) is 0 Å². The van der Waals surface area contributed by atoms with Crippen LogP contribution in [0.15, 0.2) is 42.5 Å². The third-order valence-electron chi connectivity index (χ3n) is 3.64. The van der Waals surface area contributed by atoms with Crippen molar-refractivity contribution in [2.45, 2.75) is 32.4 Å². The number of benzene rings is 2. The zero-order valence-electron chi connectivity index (χ0n) is 13.0. The molecular formula is C18H17F3O2. The van der Waals surface area contributed by atoms with E-state index in [1.165, 1.54) is 6.07 Å². The van der Waals surface area contributed by atoms with Crippen LogP contribution in [0.25, 0.3) is 11.1 Å². The molecule has 1 N–H and O–H groups in total. The van der Waals surface area contributed by atoms with Crippen LogP contribution in [0.1, 0.15) is 42.3 Å². The van der Waals surface area contributed by atoms with Crippen LogP contribution < -0.4 is 0 Å². The summed E-state index contributed by atoms with van der Waals surface area (Å²) in [6.45, 7) is 6.14. The number of carbonyl (C=O) groups is 1. The quantitative estimate of drug-likeness (QED) is 0.807. The Labute approximate surface area is 132 Å². The highest BCUT2D eigenvalue weighted by atomic mass is 19.4. The van der Waals surface area contributed by atoms with E-state index >= 15 is 0 Å². The molecule has 0 fully saturated rings. The van der Waals surface area contributed by atoms with Gasteiger partial charge >= 0.3 is 12.1 Å². The summed E-state index contributed by atoms with van der Waals surface area (Å²) in [5.41, 5.74) is 0.0839. The van der Waals surface area contributed by atoms with Crippen LogP contribution in [0.4, 0.5) is 13.2 Å². The number of halogens is 3. The lowest BCUT2D eigenvalue weighted by molar-refractivity contribution is -0.138. The third kappa shape index (κ3) is 3.73.